The number of amides is 1. The molecule has 2 aromatic heterocycles. The molecule has 3 rings (SSSR count). The molecule has 2 heterocycles. The van der Waals surface area contributed by atoms with Crippen molar-refractivity contribution in [1.82, 2.24) is 14.8 Å². The van der Waals surface area contributed by atoms with Crippen molar-refractivity contribution in [3.05, 3.63) is 53.4 Å². The molecule has 0 radical (unpaired) electrons. The number of rotatable bonds is 3. The van der Waals surface area contributed by atoms with Crippen LogP contribution in [-0.2, 0) is 7.05 Å². The minimum Gasteiger partial charge on any atom is -0.296 e. The average molecular weight is 302 g/mol. The Morgan fingerprint density at radius 2 is 2.05 bits per heavy atom. The van der Waals surface area contributed by atoms with Crippen LogP contribution < -0.4 is 5.32 Å². The van der Waals surface area contributed by atoms with Crippen LogP contribution in [0.1, 0.15) is 10.5 Å². The van der Waals surface area contributed by atoms with Gasteiger partial charge < -0.3 is 0 Å². The lowest BCUT2D eigenvalue weighted by Gasteiger charge is -1.98. The lowest BCUT2D eigenvalue weighted by Crippen LogP contribution is -2.12. The molecule has 0 aliphatic heterocycles. The molecule has 1 N–H and O–H groups in total. The molecule has 1 amide bonds. The van der Waals surface area contributed by atoms with Gasteiger partial charge in [-0.2, -0.15) is 5.10 Å². The Balaban J connectivity index is 1.76. The zero-order valence-corrected chi connectivity index (χ0v) is 11.9. The Labute approximate surface area is 124 Å². The van der Waals surface area contributed by atoms with Gasteiger partial charge in [-0.15, -0.1) is 11.3 Å². The molecule has 21 heavy (non-hydrogen) atoms. The van der Waals surface area contributed by atoms with Gasteiger partial charge in [-0.3, -0.25) is 14.8 Å². The van der Waals surface area contributed by atoms with E-state index in [2.05, 4.69) is 15.4 Å². The van der Waals surface area contributed by atoms with Crippen LogP contribution in [-0.4, -0.2) is 20.7 Å². The highest BCUT2D eigenvalue weighted by molar-refractivity contribution is 7.14. The monoisotopic (exact) mass is 302 g/mol. The summed E-state index contributed by atoms with van der Waals surface area (Å²) in [6.45, 7) is 0. The number of nitrogens with one attached hydrogen (secondary N) is 1. The molecule has 0 spiro atoms. The van der Waals surface area contributed by atoms with Crippen molar-refractivity contribution in [1.29, 1.82) is 0 Å². The number of anilines is 1. The predicted octanol–water partition coefficient (Wildman–Crippen LogP) is 2.94. The number of hydrogen-bond donors (Lipinski definition) is 1. The number of halogens is 1. The van der Waals surface area contributed by atoms with E-state index in [9.17, 15) is 9.18 Å². The highest BCUT2D eigenvalue weighted by Crippen LogP contribution is 2.25. The second-order valence-corrected chi connectivity index (χ2v) is 5.23. The molecule has 0 unspecified atom stereocenters. The van der Waals surface area contributed by atoms with Crippen LogP contribution in [0.5, 0.6) is 0 Å². The van der Waals surface area contributed by atoms with E-state index in [1.54, 1.807) is 41.5 Å². The topological polar surface area (TPSA) is 59.8 Å². The lowest BCUT2D eigenvalue weighted by molar-refractivity contribution is 0.102. The fourth-order valence-electron chi connectivity index (χ4n) is 1.78. The number of benzene rings is 1. The van der Waals surface area contributed by atoms with Crippen LogP contribution in [0, 0.1) is 5.82 Å². The molecule has 5 nitrogen and oxygen atoms in total. The third kappa shape index (κ3) is 2.97. The van der Waals surface area contributed by atoms with Gasteiger partial charge in [-0.25, -0.2) is 9.37 Å². The van der Waals surface area contributed by atoms with Crippen LogP contribution in [0.2, 0.25) is 0 Å². The van der Waals surface area contributed by atoms with Crippen LogP contribution in [0.4, 0.5) is 9.52 Å². The molecule has 1 aromatic carbocycles. The smallest absolute Gasteiger partial charge is 0.277 e. The summed E-state index contributed by atoms with van der Waals surface area (Å²) in [5.74, 6) is -0.603. The van der Waals surface area contributed by atoms with Crippen LogP contribution in [0.15, 0.2) is 41.9 Å². The largest absolute Gasteiger partial charge is 0.296 e. The molecule has 0 bridgehead atoms. The third-order valence-corrected chi connectivity index (χ3v) is 3.57. The zero-order chi connectivity index (χ0) is 14.8. The molecule has 0 atom stereocenters. The Hall–Kier alpha value is -2.54. The molecule has 0 fully saturated rings. The summed E-state index contributed by atoms with van der Waals surface area (Å²) in [7, 11) is 1.74. The summed E-state index contributed by atoms with van der Waals surface area (Å²) in [5.41, 5.74) is 1.82. The molecule has 0 saturated heterocycles. The summed E-state index contributed by atoms with van der Waals surface area (Å²) >= 11 is 1.31. The Bertz CT molecular complexity index is 778. The van der Waals surface area contributed by atoms with Crippen LogP contribution >= 0.6 is 11.3 Å². The van der Waals surface area contributed by atoms with E-state index >= 15 is 0 Å². The number of thiazole rings is 1. The maximum absolute atomic E-state index is 12.9. The molecular formula is C14H11FN4OS. The summed E-state index contributed by atoms with van der Waals surface area (Å²) in [6, 6.07) is 7.68. The molecule has 3 aromatic rings. The Morgan fingerprint density at radius 3 is 2.71 bits per heavy atom. The van der Waals surface area contributed by atoms with Gasteiger partial charge in [0, 0.05) is 24.2 Å². The van der Waals surface area contributed by atoms with Gasteiger partial charge in [0.1, 0.15) is 5.82 Å². The molecule has 0 saturated carbocycles. The van der Waals surface area contributed by atoms with Crippen molar-refractivity contribution in [2.75, 3.05) is 5.32 Å². The number of aryl methyl sites for hydroxylation is 1. The first-order valence-corrected chi connectivity index (χ1v) is 7.02. The van der Waals surface area contributed by atoms with Gasteiger partial charge in [0.05, 0.1) is 5.69 Å². The fourth-order valence-corrected chi connectivity index (χ4v) is 2.50. The number of aromatic nitrogens is 3. The van der Waals surface area contributed by atoms with E-state index in [4.69, 9.17) is 0 Å². The first-order chi connectivity index (χ1) is 10.1. The normalized spacial score (nSPS) is 10.6. The van der Waals surface area contributed by atoms with Crippen molar-refractivity contribution >= 4 is 22.4 Å². The van der Waals surface area contributed by atoms with E-state index in [0.717, 1.165) is 5.56 Å². The molecule has 0 aliphatic rings. The van der Waals surface area contributed by atoms with Crippen LogP contribution in [0.25, 0.3) is 11.3 Å². The standard InChI is InChI=1S/C14H11FN4OS/c1-19-7-6-11(18-19)13(20)17-14-16-12(8-21-14)9-2-4-10(15)5-3-9/h2-8H,1H3,(H,16,17,20). The number of carbonyl (C=O) groups excluding carboxylic acids is 1. The fraction of sp³-hybridized carbons (Fsp3) is 0.0714. The second kappa shape index (κ2) is 5.45. The number of hydrogen-bond acceptors (Lipinski definition) is 4. The average Bonchev–Trinajstić information content (AvgIpc) is 3.09. The first kappa shape index (κ1) is 13.4. The van der Waals surface area contributed by atoms with Crippen molar-refractivity contribution in [2.24, 2.45) is 7.05 Å². The zero-order valence-electron chi connectivity index (χ0n) is 11.1. The third-order valence-electron chi connectivity index (χ3n) is 2.81. The van der Waals surface area contributed by atoms with Crippen molar-refractivity contribution in [3.63, 3.8) is 0 Å². The molecular weight excluding hydrogens is 291 g/mol. The van der Waals surface area contributed by atoms with Gasteiger partial charge >= 0.3 is 0 Å². The number of carbonyl (C=O) groups is 1. The summed E-state index contributed by atoms with van der Waals surface area (Å²) in [4.78, 5) is 16.3. The maximum atomic E-state index is 12.9. The van der Waals surface area contributed by atoms with Crippen molar-refractivity contribution in [3.8, 4) is 11.3 Å². The predicted molar refractivity (Wildman–Crippen MR) is 78.7 cm³/mol. The minimum absolute atomic E-state index is 0.294. The quantitative estimate of drug-likeness (QED) is 0.809. The van der Waals surface area contributed by atoms with E-state index < -0.39 is 0 Å². The molecule has 106 valence electrons. The highest BCUT2D eigenvalue weighted by Gasteiger charge is 2.12. The number of nitrogens with zero attached hydrogens (tertiary/aromatic N) is 3. The maximum Gasteiger partial charge on any atom is 0.277 e. The second-order valence-electron chi connectivity index (χ2n) is 4.37. The van der Waals surface area contributed by atoms with Crippen molar-refractivity contribution < 1.29 is 9.18 Å². The Morgan fingerprint density at radius 1 is 1.29 bits per heavy atom. The summed E-state index contributed by atoms with van der Waals surface area (Å²) in [5, 5.41) is 9.00. The molecule has 0 aliphatic carbocycles. The van der Waals surface area contributed by atoms with Gasteiger partial charge in [0.25, 0.3) is 5.91 Å². The van der Waals surface area contributed by atoms with Gasteiger partial charge in [0.2, 0.25) is 0 Å². The van der Waals surface area contributed by atoms with Crippen molar-refractivity contribution in [2.45, 2.75) is 0 Å². The van der Waals surface area contributed by atoms with Crippen LogP contribution in [0.3, 0.4) is 0 Å². The lowest BCUT2D eigenvalue weighted by atomic mass is 10.2. The Kier molecular flexibility index (Phi) is 3.49. The highest BCUT2D eigenvalue weighted by atomic mass is 32.1. The summed E-state index contributed by atoms with van der Waals surface area (Å²) in [6.07, 6.45) is 1.70. The molecule has 7 heteroatoms. The SMILES string of the molecule is Cn1ccc(C(=O)Nc2nc(-c3ccc(F)cc3)cs2)n1. The van der Waals surface area contributed by atoms with E-state index in [1.807, 2.05) is 0 Å². The summed E-state index contributed by atoms with van der Waals surface area (Å²) < 4.78 is 14.4. The van der Waals surface area contributed by atoms with Gasteiger partial charge in [-0.05, 0) is 30.3 Å². The van der Waals surface area contributed by atoms with Gasteiger partial charge in [-0.1, -0.05) is 0 Å². The van der Waals surface area contributed by atoms with Gasteiger partial charge in [0.15, 0.2) is 10.8 Å². The first-order valence-electron chi connectivity index (χ1n) is 6.14. The van der Waals surface area contributed by atoms with E-state index in [-0.39, 0.29) is 11.7 Å². The minimum atomic E-state index is -0.310. The van der Waals surface area contributed by atoms with E-state index in [0.29, 0.717) is 16.5 Å². The van der Waals surface area contributed by atoms with E-state index in [1.165, 1.54) is 23.5 Å².